The quantitative estimate of drug-likeness (QED) is 0.574. The van der Waals surface area contributed by atoms with Crippen molar-refractivity contribution in [2.75, 3.05) is 13.2 Å². The van der Waals surface area contributed by atoms with E-state index in [0.717, 1.165) is 18.1 Å². The fourth-order valence-electron chi connectivity index (χ4n) is 0.659. The van der Waals surface area contributed by atoms with Gasteiger partial charge in [0, 0.05) is 6.42 Å². The Morgan fingerprint density at radius 2 is 1.54 bits per heavy atom. The van der Waals surface area contributed by atoms with Gasteiger partial charge in [0.1, 0.15) is 0 Å². The van der Waals surface area contributed by atoms with E-state index < -0.39 is 0 Å². The van der Waals surface area contributed by atoms with Crippen LogP contribution in [0.3, 0.4) is 0 Å². The van der Waals surface area contributed by atoms with Crippen LogP contribution in [0.1, 0.15) is 40.0 Å². The maximum absolute atomic E-state index is 11.2. The molecule has 0 unspecified atom stereocenters. The monoisotopic (exact) mass is 189 g/mol. The van der Waals surface area contributed by atoms with Crippen molar-refractivity contribution in [1.82, 2.24) is 5.23 Å². The van der Waals surface area contributed by atoms with E-state index in [4.69, 9.17) is 9.68 Å². The highest BCUT2D eigenvalue weighted by molar-refractivity contribution is 5.73. The molecule has 0 spiro atoms. The Morgan fingerprint density at radius 1 is 1.08 bits per heavy atom. The molecule has 0 aliphatic rings. The maximum Gasteiger partial charge on any atom is 0.273 e. The van der Waals surface area contributed by atoms with Crippen molar-refractivity contribution in [1.29, 1.82) is 0 Å². The first kappa shape index (κ1) is 12.4. The van der Waals surface area contributed by atoms with E-state index >= 15 is 0 Å². The van der Waals surface area contributed by atoms with E-state index in [1.807, 2.05) is 13.8 Å². The molecule has 0 bridgehead atoms. The summed E-state index contributed by atoms with van der Waals surface area (Å²) in [5, 5.41) is 1.01. The molecule has 0 heterocycles. The topological polar surface area (TPSA) is 38.8 Å². The van der Waals surface area contributed by atoms with Crippen molar-refractivity contribution in [3.63, 3.8) is 0 Å². The third kappa shape index (κ3) is 5.60. The summed E-state index contributed by atoms with van der Waals surface area (Å²) in [6.45, 7) is 6.76. The third-order valence-corrected chi connectivity index (χ3v) is 1.33. The van der Waals surface area contributed by atoms with Gasteiger partial charge in [-0.15, -0.1) is 0 Å². The summed E-state index contributed by atoms with van der Waals surface area (Å²) in [7, 11) is 0. The lowest BCUT2D eigenvalue weighted by molar-refractivity contribution is -0.341. The van der Waals surface area contributed by atoms with E-state index in [1.165, 1.54) is 0 Å². The second-order valence-corrected chi connectivity index (χ2v) is 2.67. The van der Waals surface area contributed by atoms with Crippen LogP contribution in [0.4, 0.5) is 0 Å². The molecule has 0 saturated heterocycles. The number of nitrogens with zero attached hydrogens (tertiary/aromatic N) is 1. The predicted octanol–water partition coefficient (Wildman–Crippen LogP) is 1.91. The van der Waals surface area contributed by atoms with E-state index in [-0.39, 0.29) is 5.91 Å². The van der Waals surface area contributed by atoms with Gasteiger partial charge in [0.05, 0.1) is 13.2 Å². The van der Waals surface area contributed by atoms with Gasteiger partial charge in [-0.2, -0.15) is 0 Å². The lowest BCUT2D eigenvalue weighted by atomic mass is 10.5. The number of hydrogen-bond acceptors (Lipinski definition) is 3. The van der Waals surface area contributed by atoms with E-state index in [0.29, 0.717) is 19.6 Å². The highest BCUT2D eigenvalue weighted by Crippen LogP contribution is 1.99. The first-order valence-electron chi connectivity index (χ1n) is 4.85. The molecule has 78 valence electrons. The number of hydrogen-bond donors (Lipinski definition) is 0. The van der Waals surface area contributed by atoms with Crippen molar-refractivity contribution in [3.05, 3.63) is 0 Å². The van der Waals surface area contributed by atoms with Crippen molar-refractivity contribution in [3.8, 4) is 0 Å². The number of hydroxylamine groups is 2. The first-order chi connectivity index (χ1) is 6.26. The second-order valence-electron chi connectivity index (χ2n) is 2.67. The summed E-state index contributed by atoms with van der Waals surface area (Å²) in [5.41, 5.74) is 0. The summed E-state index contributed by atoms with van der Waals surface area (Å²) < 4.78 is 0. The first-order valence-corrected chi connectivity index (χ1v) is 4.85. The Morgan fingerprint density at radius 3 is 1.85 bits per heavy atom. The highest BCUT2D eigenvalue weighted by Gasteiger charge is 2.12. The van der Waals surface area contributed by atoms with Crippen LogP contribution in [0.2, 0.25) is 0 Å². The molecular weight excluding hydrogens is 170 g/mol. The van der Waals surface area contributed by atoms with Crippen molar-refractivity contribution >= 4 is 5.91 Å². The summed E-state index contributed by atoms with van der Waals surface area (Å²) >= 11 is 0. The molecule has 0 aromatic rings. The highest BCUT2D eigenvalue weighted by atomic mass is 17.0. The zero-order chi connectivity index (χ0) is 10.1. The molecule has 13 heavy (non-hydrogen) atoms. The van der Waals surface area contributed by atoms with E-state index in [2.05, 4.69) is 0 Å². The standard InChI is InChI=1S/C9H19NO3/c1-4-7-12-10(9(11)6-3)13-8-5-2/h4-8H2,1-3H3. The van der Waals surface area contributed by atoms with Gasteiger partial charge < -0.3 is 0 Å². The smallest absolute Gasteiger partial charge is 0.270 e. The Labute approximate surface area is 79.7 Å². The third-order valence-electron chi connectivity index (χ3n) is 1.33. The van der Waals surface area contributed by atoms with Gasteiger partial charge in [0.2, 0.25) is 0 Å². The zero-order valence-electron chi connectivity index (χ0n) is 8.71. The number of amides is 1. The van der Waals surface area contributed by atoms with Gasteiger partial charge in [-0.05, 0) is 12.8 Å². The van der Waals surface area contributed by atoms with Crippen LogP contribution in [-0.4, -0.2) is 24.3 Å². The summed E-state index contributed by atoms with van der Waals surface area (Å²) in [5.74, 6) is -0.137. The molecule has 0 radical (unpaired) electrons. The van der Waals surface area contributed by atoms with E-state index in [1.54, 1.807) is 6.92 Å². The van der Waals surface area contributed by atoms with Gasteiger partial charge in [-0.3, -0.25) is 4.79 Å². The Hall–Kier alpha value is -0.610. The molecule has 0 N–H and O–H groups in total. The Bertz CT molecular complexity index is 131. The summed E-state index contributed by atoms with van der Waals surface area (Å²) in [6.07, 6.45) is 2.12. The van der Waals surface area contributed by atoms with Crippen LogP contribution in [0.15, 0.2) is 0 Å². The van der Waals surface area contributed by atoms with Gasteiger partial charge in [0.15, 0.2) is 0 Å². The summed E-state index contributed by atoms with van der Waals surface area (Å²) in [4.78, 5) is 21.4. The molecule has 1 amide bonds. The van der Waals surface area contributed by atoms with Crippen LogP contribution in [-0.2, 0) is 14.5 Å². The van der Waals surface area contributed by atoms with Crippen molar-refractivity contribution in [2.24, 2.45) is 0 Å². The molecule has 0 rings (SSSR count). The normalized spacial score (nSPS) is 10.1. The van der Waals surface area contributed by atoms with Gasteiger partial charge in [0.25, 0.3) is 5.91 Å². The fourth-order valence-corrected chi connectivity index (χ4v) is 0.659. The van der Waals surface area contributed by atoms with Crippen LogP contribution < -0.4 is 0 Å². The minimum absolute atomic E-state index is 0.137. The molecule has 4 nitrogen and oxygen atoms in total. The maximum atomic E-state index is 11.2. The van der Waals surface area contributed by atoms with Gasteiger partial charge >= 0.3 is 0 Å². The average molecular weight is 189 g/mol. The Balaban J connectivity index is 3.79. The van der Waals surface area contributed by atoms with Crippen molar-refractivity contribution < 1.29 is 14.5 Å². The molecule has 0 fully saturated rings. The van der Waals surface area contributed by atoms with Crippen LogP contribution in [0.5, 0.6) is 0 Å². The second kappa shape index (κ2) is 8.01. The molecule has 0 aliphatic heterocycles. The molecular formula is C9H19NO3. The largest absolute Gasteiger partial charge is 0.273 e. The minimum Gasteiger partial charge on any atom is -0.270 e. The molecule has 0 atom stereocenters. The van der Waals surface area contributed by atoms with Gasteiger partial charge in [-0.25, -0.2) is 9.68 Å². The SMILES string of the molecule is CCCON(OCCC)C(=O)CC. The van der Waals surface area contributed by atoms with Gasteiger partial charge in [-0.1, -0.05) is 26.0 Å². The van der Waals surface area contributed by atoms with E-state index in [9.17, 15) is 4.79 Å². The zero-order valence-corrected chi connectivity index (χ0v) is 8.71. The Kier molecular flexibility index (Phi) is 7.63. The molecule has 0 aromatic heterocycles. The predicted molar refractivity (Wildman–Crippen MR) is 49.6 cm³/mol. The lowest BCUT2D eigenvalue weighted by Crippen LogP contribution is -2.31. The lowest BCUT2D eigenvalue weighted by Gasteiger charge is -2.19. The van der Waals surface area contributed by atoms with Crippen LogP contribution in [0.25, 0.3) is 0 Å². The number of carbonyl (C=O) groups excluding carboxylic acids is 1. The fraction of sp³-hybridized carbons (Fsp3) is 0.889. The average Bonchev–Trinajstić information content (AvgIpc) is 2.17. The molecule has 0 saturated carbocycles. The molecule has 4 heteroatoms. The summed E-state index contributed by atoms with van der Waals surface area (Å²) in [6, 6.07) is 0. The molecule has 0 aromatic carbocycles. The molecule has 0 aliphatic carbocycles. The van der Waals surface area contributed by atoms with Crippen LogP contribution in [0, 0.1) is 0 Å². The van der Waals surface area contributed by atoms with Crippen molar-refractivity contribution in [2.45, 2.75) is 40.0 Å². The minimum atomic E-state index is -0.137. The van der Waals surface area contributed by atoms with Crippen LogP contribution >= 0.6 is 0 Å². The number of rotatable bonds is 7. The number of carbonyl (C=O) groups is 1.